The topological polar surface area (TPSA) is 66.9 Å². The summed E-state index contributed by atoms with van der Waals surface area (Å²) in [5, 5.41) is 0. The predicted molar refractivity (Wildman–Crippen MR) is 108 cm³/mol. The van der Waals surface area contributed by atoms with Crippen LogP contribution >= 0.6 is 27.7 Å². The molecular formula is C19H25BrN2O4S. The zero-order chi connectivity index (χ0) is 19.8. The van der Waals surface area contributed by atoms with Crippen molar-refractivity contribution in [1.82, 2.24) is 9.80 Å². The first-order valence-electron chi connectivity index (χ1n) is 8.97. The van der Waals surface area contributed by atoms with Gasteiger partial charge in [0.15, 0.2) is 0 Å². The van der Waals surface area contributed by atoms with E-state index >= 15 is 0 Å². The van der Waals surface area contributed by atoms with Crippen molar-refractivity contribution in [2.45, 2.75) is 24.7 Å². The van der Waals surface area contributed by atoms with Gasteiger partial charge in [-0.05, 0) is 44.0 Å². The fourth-order valence-corrected chi connectivity index (χ4v) is 3.94. The molecule has 6 nitrogen and oxygen atoms in total. The van der Waals surface area contributed by atoms with Crippen molar-refractivity contribution in [3.05, 3.63) is 28.7 Å². The second-order valence-electron chi connectivity index (χ2n) is 6.42. The van der Waals surface area contributed by atoms with Crippen LogP contribution in [-0.4, -0.2) is 66.6 Å². The Hall–Kier alpha value is -1.54. The number of thioether (sulfide) groups is 1. The number of carbonyl (C=O) groups excluding carboxylic acids is 3. The first kappa shape index (κ1) is 21.8. The van der Waals surface area contributed by atoms with E-state index < -0.39 is 0 Å². The summed E-state index contributed by atoms with van der Waals surface area (Å²) in [7, 11) is 1.63. The molecule has 2 rings (SSSR count). The molecule has 1 aliphatic heterocycles. The number of hydrogen-bond acceptors (Lipinski definition) is 5. The molecule has 1 fully saturated rings. The van der Waals surface area contributed by atoms with E-state index in [4.69, 9.17) is 4.74 Å². The first-order valence-corrected chi connectivity index (χ1v) is 10.7. The van der Waals surface area contributed by atoms with Crippen LogP contribution in [0.3, 0.4) is 0 Å². The number of nitrogens with zero attached hydrogens (tertiary/aromatic N) is 2. The number of esters is 1. The number of likely N-dealkylation sites (tertiary alicyclic amines) is 1. The second kappa shape index (κ2) is 10.7. The van der Waals surface area contributed by atoms with Crippen molar-refractivity contribution in [2.75, 3.05) is 39.0 Å². The Morgan fingerprint density at radius 1 is 1.30 bits per heavy atom. The maximum atomic E-state index is 12.5. The van der Waals surface area contributed by atoms with Crippen molar-refractivity contribution in [3.63, 3.8) is 0 Å². The van der Waals surface area contributed by atoms with E-state index in [9.17, 15) is 14.4 Å². The third kappa shape index (κ3) is 6.84. The van der Waals surface area contributed by atoms with Crippen molar-refractivity contribution < 1.29 is 19.1 Å². The highest BCUT2D eigenvalue weighted by Gasteiger charge is 2.30. The molecule has 1 unspecified atom stereocenters. The molecule has 1 atom stereocenters. The van der Waals surface area contributed by atoms with Crippen LogP contribution in [0, 0.1) is 5.92 Å². The Labute approximate surface area is 172 Å². The number of likely N-dealkylation sites (N-methyl/N-ethyl adjacent to an activating group) is 1. The fourth-order valence-electron chi connectivity index (χ4n) is 2.83. The molecule has 8 heteroatoms. The van der Waals surface area contributed by atoms with Crippen LogP contribution in [0.4, 0.5) is 0 Å². The molecule has 1 heterocycles. The molecule has 0 saturated carbocycles. The van der Waals surface area contributed by atoms with Crippen molar-refractivity contribution >= 4 is 45.5 Å². The van der Waals surface area contributed by atoms with E-state index in [2.05, 4.69) is 15.9 Å². The minimum absolute atomic E-state index is 0.0231. The highest BCUT2D eigenvalue weighted by Crippen LogP contribution is 2.21. The molecule has 0 spiro atoms. The van der Waals surface area contributed by atoms with Crippen LogP contribution in [0.1, 0.15) is 19.8 Å². The van der Waals surface area contributed by atoms with Gasteiger partial charge in [0.05, 0.1) is 24.8 Å². The van der Waals surface area contributed by atoms with Gasteiger partial charge in [-0.3, -0.25) is 14.4 Å². The Bertz CT molecular complexity index is 668. The van der Waals surface area contributed by atoms with Gasteiger partial charge in [0.1, 0.15) is 0 Å². The molecule has 0 aromatic heterocycles. The van der Waals surface area contributed by atoms with Gasteiger partial charge in [-0.1, -0.05) is 15.9 Å². The third-order valence-electron chi connectivity index (χ3n) is 4.37. The van der Waals surface area contributed by atoms with E-state index in [1.54, 1.807) is 18.9 Å². The van der Waals surface area contributed by atoms with Crippen LogP contribution in [0.2, 0.25) is 0 Å². The molecule has 148 valence electrons. The van der Waals surface area contributed by atoms with Crippen LogP contribution in [0.25, 0.3) is 0 Å². The van der Waals surface area contributed by atoms with Gasteiger partial charge in [0.2, 0.25) is 11.8 Å². The minimum Gasteiger partial charge on any atom is -0.466 e. The molecule has 27 heavy (non-hydrogen) atoms. The number of benzene rings is 1. The molecule has 0 N–H and O–H groups in total. The van der Waals surface area contributed by atoms with E-state index in [0.29, 0.717) is 19.7 Å². The third-order valence-corrected chi connectivity index (χ3v) is 5.89. The predicted octanol–water partition coefficient (Wildman–Crippen LogP) is 2.80. The SMILES string of the molecule is CCOC(=O)C1CCCN(C(=O)CN(C)C(=O)CSc2ccc(Br)cc2)C1. The summed E-state index contributed by atoms with van der Waals surface area (Å²) in [6.07, 6.45) is 1.51. The fraction of sp³-hybridized carbons (Fsp3) is 0.526. The van der Waals surface area contributed by atoms with Crippen LogP contribution in [0.15, 0.2) is 33.6 Å². The van der Waals surface area contributed by atoms with Crippen molar-refractivity contribution in [1.29, 1.82) is 0 Å². The monoisotopic (exact) mass is 456 g/mol. The summed E-state index contributed by atoms with van der Waals surface area (Å²) in [4.78, 5) is 40.8. The van der Waals surface area contributed by atoms with Gasteiger partial charge >= 0.3 is 5.97 Å². The summed E-state index contributed by atoms with van der Waals surface area (Å²) in [5.74, 6) is -0.470. The number of halogens is 1. The lowest BCUT2D eigenvalue weighted by atomic mass is 9.98. The molecule has 1 aromatic carbocycles. The summed E-state index contributed by atoms with van der Waals surface area (Å²) in [5.41, 5.74) is 0. The normalized spacial score (nSPS) is 16.7. The molecule has 0 radical (unpaired) electrons. The van der Waals surface area contributed by atoms with Crippen LogP contribution in [0.5, 0.6) is 0 Å². The molecule has 1 saturated heterocycles. The van der Waals surface area contributed by atoms with Gasteiger partial charge in [0, 0.05) is 29.5 Å². The zero-order valence-corrected chi connectivity index (χ0v) is 18.1. The Morgan fingerprint density at radius 3 is 2.67 bits per heavy atom. The Morgan fingerprint density at radius 2 is 2.00 bits per heavy atom. The molecule has 0 aliphatic carbocycles. The van der Waals surface area contributed by atoms with E-state index in [0.717, 1.165) is 22.2 Å². The molecule has 2 amide bonds. The number of rotatable bonds is 7. The van der Waals surface area contributed by atoms with E-state index in [1.165, 1.54) is 16.7 Å². The largest absolute Gasteiger partial charge is 0.466 e. The average molecular weight is 457 g/mol. The highest BCUT2D eigenvalue weighted by atomic mass is 79.9. The lowest BCUT2D eigenvalue weighted by Crippen LogP contribution is -2.47. The standard InChI is InChI=1S/C19H25BrN2O4S/c1-3-26-19(25)14-5-4-10-22(11-14)17(23)12-21(2)18(24)13-27-16-8-6-15(20)7-9-16/h6-9,14H,3-5,10-13H2,1-2H3. The highest BCUT2D eigenvalue weighted by molar-refractivity contribution is 9.10. The van der Waals surface area contributed by atoms with Crippen LogP contribution < -0.4 is 0 Å². The number of amides is 2. The molecule has 0 bridgehead atoms. The van der Waals surface area contributed by atoms with Gasteiger partial charge in [-0.2, -0.15) is 0 Å². The molecule has 1 aromatic rings. The second-order valence-corrected chi connectivity index (χ2v) is 8.39. The van der Waals surface area contributed by atoms with Crippen LogP contribution in [-0.2, 0) is 19.1 Å². The lowest BCUT2D eigenvalue weighted by Gasteiger charge is -2.32. The molecule has 1 aliphatic rings. The maximum absolute atomic E-state index is 12.5. The number of hydrogen-bond donors (Lipinski definition) is 0. The summed E-state index contributed by atoms with van der Waals surface area (Å²) in [6, 6.07) is 7.74. The van der Waals surface area contributed by atoms with Gasteiger partial charge in [-0.15, -0.1) is 11.8 Å². The Balaban J connectivity index is 1.80. The summed E-state index contributed by atoms with van der Waals surface area (Å²) in [6.45, 7) is 3.13. The summed E-state index contributed by atoms with van der Waals surface area (Å²) >= 11 is 4.82. The van der Waals surface area contributed by atoms with E-state index in [-0.39, 0.29) is 36.0 Å². The number of piperidine rings is 1. The zero-order valence-electron chi connectivity index (χ0n) is 15.7. The van der Waals surface area contributed by atoms with Gasteiger partial charge in [-0.25, -0.2) is 0 Å². The Kier molecular flexibility index (Phi) is 8.63. The van der Waals surface area contributed by atoms with Gasteiger partial charge in [0.25, 0.3) is 0 Å². The molecular weight excluding hydrogens is 432 g/mol. The maximum Gasteiger partial charge on any atom is 0.310 e. The van der Waals surface area contributed by atoms with Crippen molar-refractivity contribution in [2.24, 2.45) is 5.92 Å². The average Bonchev–Trinajstić information content (AvgIpc) is 2.67. The number of carbonyl (C=O) groups is 3. The first-order chi connectivity index (χ1) is 12.9. The smallest absolute Gasteiger partial charge is 0.310 e. The minimum atomic E-state index is -0.267. The van der Waals surface area contributed by atoms with Gasteiger partial charge < -0.3 is 14.5 Å². The lowest BCUT2D eigenvalue weighted by molar-refractivity contribution is -0.152. The quantitative estimate of drug-likeness (QED) is 0.466. The van der Waals surface area contributed by atoms with Crippen molar-refractivity contribution in [3.8, 4) is 0 Å². The number of ether oxygens (including phenoxy) is 1. The van der Waals surface area contributed by atoms with E-state index in [1.807, 2.05) is 24.3 Å². The summed E-state index contributed by atoms with van der Waals surface area (Å²) < 4.78 is 6.05.